The van der Waals surface area contributed by atoms with E-state index in [2.05, 4.69) is 36.5 Å². The van der Waals surface area contributed by atoms with Gasteiger partial charge < -0.3 is 10.4 Å². The van der Waals surface area contributed by atoms with Crippen LogP contribution in [0, 0.1) is 6.92 Å². The van der Waals surface area contributed by atoms with Crippen LogP contribution in [0.5, 0.6) is 0 Å². The van der Waals surface area contributed by atoms with E-state index in [1.807, 2.05) is 0 Å². The SMILES string of the molecule is Cc1cccc(C2CC(NCC3(O)CCCCC3)C2)c1. The fourth-order valence-electron chi connectivity index (χ4n) is 3.70. The van der Waals surface area contributed by atoms with Crippen molar-refractivity contribution < 1.29 is 5.11 Å². The molecule has 0 heterocycles. The van der Waals surface area contributed by atoms with Crippen LogP contribution in [-0.4, -0.2) is 23.3 Å². The van der Waals surface area contributed by atoms with Crippen LogP contribution in [0.15, 0.2) is 24.3 Å². The van der Waals surface area contributed by atoms with E-state index in [1.165, 1.54) is 43.2 Å². The molecular weight excluding hydrogens is 246 g/mol. The third-order valence-corrected chi connectivity index (χ3v) is 5.16. The zero-order valence-electron chi connectivity index (χ0n) is 12.6. The molecule has 0 atom stereocenters. The van der Waals surface area contributed by atoms with Crippen LogP contribution in [-0.2, 0) is 0 Å². The minimum atomic E-state index is -0.424. The largest absolute Gasteiger partial charge is 0.389 e. The number of nitrogens with one attached hydrogen (secondary N) is 1. The first-order valence-corrected chi connectivity index (χ1v) is 8.17. The highest BCUT2D eigenvalue weighted by molar-refractivity contribution is 5.27. The molecule has 1 aromatic carbocycles. The van der Waals surface area contributed by atoms with Gasteiger partial charge in [-0.1, -0.05) is 49.1 Å². The van der Waals surface area contributed by atoms with Crippen LogP contribution < -0.4 is 5.32 Å². The molecule has 0 bridgehead atoms. The van der Waals surface area contributed by atoms with Crippen molar-refractivity contribution in [1.29, 1.82) is 0 Å². The number of hydrogen-bond donors (Lipinski definition) is 2. The molecule has 110 valence electrons. The van der Waals surface area contributed by atoms with Crippen molar-refractivity contribution in [3.05, 3.63) is 35.4 Å². The van der Waals surface area contributed by atoms with Gasteiger partial charge in [0.15, 0.2) is 0 Å². The molecule has 3 rings (SSSR count). The molecule has 0 saturated heterocycles. The van der Waals surface area contributed by atoms with Crippen molar-refractivity contribution >= 4 is 0 Å². The number of benzene rings is 1. The van der Waals surface area contributed by atoms with Crippen LogP contribution in [0.2, 0.25) is 0 Å². The van der Waals surface area contributed by atoms with Gasteiger partial charge in [-0.2, -0.15) is 0 Å². The predicted molar refractivity (Wildman–Crippen MR) is 83.0 cm³/mol. The quantitative estimate of drug-likeness (QED) is 0.879. The molecule has 2 aliphatic rings. The van der Waals surface area contributed by atoms with Gasteiger partial charge in [0.25, 0.3) is 0 Å². The average Bonchev–Trinajstić information content (AvgIpc) is 2.38. The monoisotopic (exact) mass is 273 g/mol. The number of aliphatic hydroxyl groups is 1. The molecule has 1 aromatic rings. The smallest absolute Gasteiger partial charge is 0.0771 e. The lowest BCUT2D eigenvalue weighted by Gasteiger charge is -2.40. The van der Waals surface area contributed by atoms with Gasteiger partial charge in [0.1, 0.15) is 0 Å². The van der Waals surface area contributed by atoms with Crippen LogP contribution in [0.25, 0.3) is 0 Å². The third kappa shape index (κ3) is 3.24. The molecule has 2 fully saturated rings. The van der Waals surface area contributed by atoms with E-state index < -0.39 is 5.60 Å². The zero-order valence-corrected chi connectivity index (χ0v) is 12.6. The summed E-state index contributed by atoms with van der Waals surface area (Å²) in [4.78, 5) is 0. The predicted octanol–water partition coefficient (Wildman–Crippen LogP) is 3.53. The summed E-state index contributed by atoms with van der Waals surface area (Å²) < 4.78 is 0. The normalized spacial score (nSPS) is 28.9. The molecule has 2 aliphatic carbocycles. The highest BCUT2D eigenvalue weighted by Crippen LogP contribution is 2.37. The molecular formula is C18H27NO. The van der Waals surface area contributed by atoms with Gasteiger partial charge >= 0.3 is 0 Å². The highest BCUT2D eigenvalue weighted by Gasteiger charge is 2.34. The third-order valence-electron chi connectivity index (χ3n) is 5.16. The second kappa shape index (κ2) is 5.87. The van der Waals surface area contributed by atoms with Gasteiger partial charge in [0, 0.05) is 12.6 Å². The average molecular weight is 273 g/mol. The van der Waals surface area contributed by atoms with Crippen molar-refractivity contribution in [3.63, 3.8) is 0 Å². The van der Waals surface area contributed by atoms with Crippen molar-refractivity contribution in [2.75, 3.05) is 6.54 Å². The molecule has 2 saturated carbocycles. The maximum Gasteiger partial charge on any atom is 0.0771 e. The van der Waals surface area contributed by atoms with Gasteiger partial charge in [-0.05, 0) is 44.1 Å². The van der Waals surface area contributed by atoms with E-state index in [1.54, 1.807) is 0 Å². The highest BCUT2D eigenvalue weighted by atomic mass is 16.3. The Kier molecular flexibility index (Phi) is 4.13. The van der Waals surface area contributed by atoms with E-state index in [0.717, 1.165) is 19.4 Å². The minimum Gasteiger partial charge on any atom is -0.389 e. The summed E-state index contributed by atoms with van der Waals surface area (Å²) >= 11 is 0. The second-order valence-electron chi connectivity index (χ2n) is 6.95. The number of rotatable bonds is 4. The van der Waals surface area contributed by atoms with E-state index in [4.69, 9.17) is 0 Å². The first kappa shape index (κ1) is 14.1. The molecule has 0 radical (unpaired) electrons. The van der Waals surface area contributed by atoms with E-state index >= 15 is 0 Å². The topological polar surface area (TPSA) is 32.3 Å². The van der Waals surface area contributed by atoms with E-state index in [-0.39, 0.29) is 0 Å². The lowest BCUT2D eigenvalue weighted by Crippen LogP contribution is -2.49. The lowest BCUT2D eigenvalue weighted by molar-refractivity contribution is -0.000285. The fourth-order valence-corrected chi connectivity index (χ4v) is 3.70. The maximum atomic E-state index is 10.5. The molecule has 0 spiro atoms. The summed E-state index contributed by atoms with van der Waals surface area (Å²) in [6.45, 7) is 2.95. The summed E-state index contributed by atoms with van der Waals surface area (Å²) in [6.07, 6.45) is 8.08. The van der Waals surface area contributed by atoms with Crippen LogP contribution in [0.1, 0.15) is 62.0 Å². The van der Waals surface area contributed by atoms with Crippen molar-refractivity contribution in [1.82, 2.24) is 5.32 Å². The first-order chi connectivity index (χ1) is 9.65. The molecule has 0 amide bonds. The zero-order chi connectivity index (χ0) is 14.0. The Hall–Kier alpha value is -0.860. The van der Waals surface area contributed by atoms with E-state index in [9.17, 15) is 5.11 Å². The maximum absolute atomic E-state index is 10.5. The number of hydrogen-bond acceptors (Lipinski definition) is 2. The summed E-state index contributed by atoms with van der Waals surface area (Å²) in [5.74, 6) is 0.716. The second-order valence-corrected chi connectivity index (χ2v) is 6.95. The summed E-state index contributed by atoms with van der Waals surface area (Å²) in [5.41, 5.74) is 2.42. The van der Waals surface area contributed by atoms with Crippen LogP contribution in [0.3, 0.4) is 0 Å². The molecule has 0 unspecified atom stereocenters. The molecule has 2 heteroatoms. The summed E-state index contributed by atoms with van der Waals surface area (Å²) in [6, 6.07) is 9.50. The van der Waals surface area contributed by atoms with Crippen molar-refractivity contribution in [3.8, 4) is 0 Å². The summed E-state index contributed by atoms with van der Waals surface area (Å²) in [7, 11) is 0. The van der Waals surface area contributed by atoms with Gasteiger partial charge in [-0.15, -0.1) is 0 Å². The Morgan fingerprint density at radius 1 is 1.20 bits per heavy atom. The van der Waals surface area contributed by atoms with Crippen LogP contribution >= 0.6 is 0 Å². The van der Waals surface area contributed by atoms with Gasteiger partial charge in [0.2, 0.25) is 0 Å². The van der Waals surface area contributed by atoms with Gasteiger partial charge in [-0.3, -0.25) is 0 Å². The molecule has 0 aromatic heterocycles. The first-order valence-electron chi connectivity index (χ1n) is 8.17. The Balaban J connectivity index is 1.44. The van der Waals surface area contributed by atoms with Crippen LogP contribution in [0.4, 0.5) is 0 Å². The molecule has 0 aliphatic heterocycles. The lowest BCUT2D eigenvalue weighted by atomic mass is 9.75. The Labute approximate surface area is 122 Å². The molecule has 2 N–H and O–H groups in total. The van der Waals surface area contributed by atoms with Crippen molar-refractivity contribution in [2.45, 2.75) is 69.4 Å². The summed E-state index contributed by atoms with van der Waals surface area (Å²) in [5, 5.41) is 14.1. The Morgan fingerprint density at radius 3 is 2.65 bits per heavy atom. The molecule has 2 nitrogen and oxygen atoms in total. The fraction of sp³-hybridized carbons (Fsp3) is 0.667. The Morgan fingerprint density at radius 2 is 1.95 bits per heavy atom. The molecule has 20 heavy (non-hydrogen) atoms. The van der Waals surface area contributed by atoms with Gasteiger partial charge in [-0.25, -0.2) is 0 Å². The Bertz CT molecular complexity index is 444. The van der Waals surface area contributed by atoms with Gasteiger partial charge in [0.05, 0.1) is 5.60 Å². The van der Waals surface area contributed by atoms with Crippen molar-refractivity contribution in [2.24, 2.45) is 0 Å². The minimum absolute atomic E-state index is 0.424. The standard InChI is InChI=1S/C18H27NO/c1-14-6-5-7-15(10-14)16-11-17(12-16)19-13-18(20)8-3-2-4-9-18/h5-7,10,16-17,19-20H,2-4,8-9,11-13H2,1H3. The number of aryl methyl sites for hydroxylation is 1. The van der Waals surface area contributed by atoms with E-state index in [0.29, 0.717) is 12.0 Å².